The summed E-state index contributed by atoms with van der Waals surface area (Å²) in [6.45, 7) is 4.72. The highest BCUT2D eigenvalue weighted by Crippen LogP contribution is 2.24. The lowest BCUT2D eigenvalue weighted by molar-refractivity contribution is 0.0697. The van der Waals surface area contributed by atoms with E-state index in [1.54, 1.807) is 18.2 Å². The Hall–Kier alpha value is -1.26. The lowest BCUT2D eigenvalue weighted by atomic mass is 10.1. The molecule has 1 saturated heterocycles. The van der Waals surface area contributed by atoms with Crippen LogP contribution in [0.2, 0.25) is 5.02 Å². The number of nitrogens with two attached hydrogens (primary N) is 1. The molecule has 0 spiro atoms. The number of nitrogen functional groups attached to an aromatic ring is 1. The number of hydrogen-bond donors (Lipinski definition) is 1. The van der Waals surface area contributed by atoms with Crippen LogP contribution in [0.3, 0.4) is 0 Å². The molecule has 1 unspecified atom stereocenters. The third-order valence-electron chi connectivity index (χ3n) is 3.59. The summed E-state index contributed by atoms with van der Waals surface area (Å²) < 4.78 is 0. The van der Waals surface area contributed by atoms with E-state index in [4.69, 9.17) is 17.3 Å². The van der Waals surface area contributed by atoms with Crippen LogP contribution in [0.5, 0.6) is 0 Å². The van der Waals surface area contributed by atoms with Crippen LogP contribution in [-0.2, 0) is 0 Å². The van der Waals surface area contributed by atoms with Crippen molar-refractivity contribution >= 4 is 23.2 Å². The zero-order valence-electron chi connectivity index (χ0n) is 11.4. The molecule has 0 aliphatic carbocycles. The molecule has 1 heterocycles. The molecule has 1 atom stereocenters. The number of halogens is 1. The van der Waals surface area contributed by atoms with Gasteiger partial charge in [0.2, 0.25) is 0 Å². The minimum atomic E-state index is -0.0252. The number of likely N-dealkylation sites (N-methyl/N-ethyl adjacent to an activating group) is 1. The Bertz CT molecular complexity index is 478. The first kappa shape index (κ1) is 14.2. The molecule has 1 aliphatic rings. The predicted octanol–water partition coefficient (Wildman–Crippen LogP) is 2.09. The highest BCUT2D eigenvalue weighted by Gasteiger charge is 2.26. The minimum Gasteiger partial charge on any atom is -0.397 e. The van der Waals surface area contributed by atoms with Gasteiger partial charge in [-0.05, 0) is 39.1 Å². The smallest absolute Gasteiger partial charge is 0.256 e. The van der Waals surface area contributed by atoms with Crippen molar-refractivity contribution in [1.29, 1.82) is 0 Å². The summed E-state index contributed by atoms with van der Waals surface area (Å²) in [6, 6.07) is 5.39. The molecule has 1 aromatic rings. The Kier molecular flexibility index (Phi) is 4.32. The number of amides is 1. The van der Waals surface area contributed by atoms with E-state index in [-0.39, 0.29) is 11.9 Å². The fourth-order valence-corrected chi connectivity index (χ4v) is 2.73. The van der Waals surface area contributed by atoms with Crippen LogP contribution in [0.25, 0.3) is 0 Å². The van der Waals surface area contributed by atoms with E-state index >= 15 is 0 Å². The normalized spacial score (nSPS) is 21.2. The fourth-order valence-electron chi connectivity index (χ4n) is 2.55. The van der Waals surface area contributed by atoms with Crippen molar-refractivity contribution < 1.29 is 4.79 Å². The Balaban J connectivity index is 2.25. The monoisotopic (exact) mass is 281 g/mol. The van der Waals surface area contributed by atoms with E-state index < -0.39 is 0 Å². The van der Waals surface area contributed by atoms with Gasteiger partial charge in [0, 0.05) is 19.1 Å². The maximum Gasteiger partial charge on any atom is 0.256 e. The van der Waals surface area contributed by atoms with Crippen molar-refractivity contribution in [2.75, 3.05) is 32.4 Å². The number of hydrogen-bond acceptors (Lipinski definition) is 3. The van der Waals surface area contributed by atoms with Crippen molar-refractivity contribution in [1.82, 2.24) is 9.80 Å². The molecule has 1 aromatic carbocycles. The summed E-state index contributed by atoms with van der Waals surface area (Å²) >= 11 is 5.98. The van der Waals surface area contributed by atoms with E-state index in [9.17, 15) is 4.79 Å². The van der Waals surface area contributed by atoms with Crippen molar-refractivity contribution in [3.8, 4) is 0 Å². The standard InChI is InChI=1S/C14H20ClN3O/c1-10-9-17(2)7-4-8-18(10)14(19)11-5-3-6-12(15)13(11)16/h3,5-6,10H,4,7-9,16H2,1-2H3. The number of benzene rings is 1. The molecule has 4 nitrogen and oxygen atoms in total. The van der Waals surface area contributed by atoms with E-state index in [1.165, 1.54) is 0 Å². The molecule has 19 heavy (non-hydrogen) atoms. The summed E-state index contributed by atoms with van der Waals surface area (Å²) in [5, 5.41) is 0.436. The molecule has 104 valence electrons. The second kappa shape index (κ2) is 5.80. The maximum absolute atomic E-state index is 12.6. The zero-order chi connectivity index (χ0) is 14.0. The number of carbonyl (C=O) groups is 1. The first-order valence-corrected chi connectivity index (χ1v) is 6.92. The van der Waals surface area contributed by atoms with Crippen LogP contribution in [-0.4, -0.2) is 48.4 Å². The number of nitrogens with zero attached hydrogens (tertiary/aromatic N) is 2. The van der Waals surface area contributed by atoms with Crippen LogP contribution in [0.1, 0.15) is 23.7 Å². The van der Waals surface area contributed by atoms with Crippen LogP contribution in [0, 0.1) is 0 Å². The fraction of sp³-hybridized carbons (Fsp3) is 0.500. The van der Waals surface area contributed by atoms with Gasteiger partial charge in [-0.3, -0.25) is 4.79 Å². The first-order valence-electron chi connectivity index (χ1n) is 6.54. The topological polar surface area (TPSA) is 49.6 Å². The Morgan fingerprint density at radius 1 is 1.42 bits per heavy atom. The molecule has 0 radical (unpaired) electrons. The lowest BCUT2D eigenvalue weighted by Gasteiger charge is -2.28. The highest BCUT2D eigenvalue weighted by molar-refractivity contribution is 6.33. The zero-order valence-corrected chi connectivity index (χ0v) is 12.2. The Morgan fingerprint density at radius 2 is 2.16 bits per heavy atom. The second-order valence-corrected chi connectivity index (χ2v) is 5.57. The van der Waals surface area contributed by atoms with Gasteiger partial charge in [-0.2, -0.15) is 0 Å². The largest absolute Gasteiger partial charge is 0.397 e. The number of carbonyl (C=O) groups excluding carboxylic acids is 1. The van der Waals surface area contributed by atoms with Crippen LogP contribution >= 0.6 is 11.6 Å². The molecule has 2 N–H and O–H groups in total. The Labute approximate surface area is 119 Å². The van der Waals surface area contributed by atoms with E-state index in [1.807, 2.05) is 4.90 Å². The molecule has 0 bridgehead atoms. The van der Waals surface area contributed by atoms with E-state index in [2.05, 4.69) is 18.9 Å². The third-order valence-corrected chi connectivity index (χ3v) is 3.92. The van der Waals surface area contributed by atoms with Crippen LogP contribution in [0.15, 0.2) is 18.2 Å². The summed E-state index contributed by atoms with van der Waals surface area (Å²) in [5.74, 6) is -0.0252. The molecular formula is C14H20ClN3O. The minimum absolute atomic E-state index is 0.0252. The number of rotatable bonds is 1. The van der Waals surface area contributed by atoms with Gasteiger partial charge in [-0.25, -0.2) is 0 Å². The van der Waals surface area contributed by atoms with Gasteiger partial charge in [0.1, 0.15) is 0 Å². The van der Waals surface area contributed by atoms with Gasteiger partial charge in [0.05, 0.1) is 16.3 Å². The Morgan fingerprint density at radius 3 is 2.89 bits per heavy atom. The molecule has 1 amide bonds. The van der Waals surface area contributed by atoms with Gasteiger partial charge < -0.3 is 15.5 Å². The van der Waals surface area contributed by atoms with Gasteiger partial charge in [-0.1, -0.05) is 17.7 Å². The molecule has 0 saturated carbocycles. The van der Waals surface area contributed by atoms with Crippen molar-refractivity contribution in [3.63, 3.8) is 0 Å². The van der Waals surface area contributed by atoms with Gasteiger partial charge in [0.15, 0.2) is 0 Å². The molecule has 5 heteroatoms. The second-order valence-electron chi connectivity index (χ2n) is 5.16. The summed E-state index contributed by atoms with van der Waals surface area (Å²) in [7, 11) is 2.08. The van der Waals surface area contributed by atoms with Gasteiger partial charge >= 0.3 is 0 Å². The number of anilines is 1. The first-order chi connectivity index (χ1) is 9.00. The molecule has 0 aromatic heterocycles. The van der Waals surface area contributed by atoms with Crippen LogP contribution in [0.4, 0.5) is 5.69 Å². The van der Waals surface area contributed by atoms with Gasteiger partial charge in [-0.15, -0.1) is 0 Å². The summed E-state index contributed by atoms with van der Waals surface area (Å²) in [4.78, 5) is 16.8. The predicted molar refractivity (Wildman–Crippen MR) is 78.5 cm³/mol. The lowest BCUT2D eigenvalue weighted by Crippen LogP contribution is -2.42. The van der Waals surface area contributed by atoms with E-state index in [0.29, 0.717) is 16.3 Å². The van der Waals surface area contributed by atoms with Crippen molar-refractivity contribution in [2.24, 2.45) is 0 Å². The summed E-state index contributed by atoms with van der Waals surface area (Å²) in [6.07, 6.45) is 0.979. The average molecular weight is 282 g/mol. The summed E-state index contributed by atoms with van der Waals surface area (Å²) in [5.41, 5.74) is 6.79. The number of para-hydroxylation sites is 1. The third kappa shape index (κ3) is 3.01. The van der Waals surface area contributed by atoms with Crippen molar-refractivity contribution in [2.45, 2.75) is 19.4 Å². The van der Waals surface area contributed by atoms with E-state index in [0.717, 1.165) is 26.1 Å². The quantitative estimate of drug-likeness (QED) is 0.802. The molecule has 2 rings (SSSR count). The molecule has 1 fully saturated rings. The van der Waals surface area contributed by atoms with Crippen molar-refractivity contribution in [3.05, 3.63) is 28.8 Å². The molecular weight excluding hydrogens is 262 g/mol. The van der Waals surface area contributed by atoms with Crippen LogP contribution < -0.4 is 5.73 Å². The SMILES string of the molecule is CC1CN(C)CCCN1C(=O)c1cccc(Cl)c1N. The highest BCUT2D eigenvalue weighted by atomic mass is 35.5. The van der Waals surface area contributed by atoms with Gasteiger partial charge in [0.25, 0.3) is 5.91 Å². The maximum atomic E-state index is 12.6. The molecule has 1 aliphatic heterocycles. The average Bonchev–Trinajstić information content (AvgIpc) is 2.53.